The van der Waals surface area contributed by atoms with E-state index in [1.54, 1.807) is 0 Å². The molecular formula is C4H9NaO3. The Morgan fingerprint density at radius 1 is 1.62 bits per heavy atom. The summed E-state index contributed by atoms with van der Waals surface area (Å²) in [5, 5.41) is 7.42. The Kier molecular flexibility index (Phi) is 10.5. The van der Waals surface area contributed by atoms with Gasteiger partial charge in [-0.2, -0.15) is 0 Å². The molecule has 0 aromatic heterocycles. The van der Waals surface area contributed by atoms with E-state index >= 15 is 0 Å². The van der Waals surface area contributed by atoms with Crippen LogP contribution in [0.25, 0.3) is 0 Å². The second-order valence-corrected chi connectivity index (χ2v) is 1.13. The molecule has 1 N–H and O–H groups in total. The molecule has 0 saturated carbocycles. The molecule has 1 aliphatic rings. The van der Waals surface area contributed by atoms with Gasteiger partial charge in [0, 0.05) is 6.92 Å². The molecule has 44 valence electrons. The van der Waals surface area contributed by atoms with Crippen LogP contribution in [0.5, 0.6) is 0 Å². The summed E-state index contributed by atoms with van der Waals surface area (Å²) in [6, 6.07) is 0. The molecule has 1 fully saturated rings. The molecule has 1 aliphatic heterocycles. The van der Waals surface area contributed by atoms with E-state index in [4.69, 9.17) is 9.90 Å². The molecule has 0 spiro atoms. The third kappa shape index (κ3) is 92.7. The molecule has 1 rings (SSSR count). The van der Waals surface area contributed by atoms with Crippen LogP contribution < -0.4 is 0 Å². The minimum absolute atomic E-state index is 0. The number of carboxylic acid groups (broad SMARTS) is 1. The average Bonchev–Trinajstić information content (AvgIpc) is 2.02. The molecule has 1 heterocycles. The first kappa shape index (κ1) is 11.3. The molecular weight excluding hydrogens is 119 g/mol. The molecule has 0 bridgehead atoms. The van der Waals surface area contributed by atoms with Gasteiger partial charge in [-0.1, -0.05) is 0 Å². The first-order valence-corrected chi connectivity index (χ1v) is 2.01. The first-order chi connectivity index (χ1) is 3.23. The van der Waals surface area contributed by atoms with Gasteiger partial charge in [-0.25, -0.2) is 0 Å². The molecule has 3 nitrogen and oxygen atoms in total. The van der Waals surface area contributed by atoms with Crippen LogP contribution in [0.1, 0.15) is 6.92 Å². The van der Waals surface area contributed by atoms with Gasteiger partial charge in [-0.3, -0.25) is 4.79 Å². The quantitative estimate of drug-likeness (QED) is 0.352. The number of rotatable bonds is 0. The van der Waals surface area contributed by atoms with Crippen LogP contribution in [0.4, 0.5) is 0 Å². The Bertz CT molecular complexity index is 55.5. The number of aliphatic carboxylic acids is 1. The fourth-order valence-corrected chi connectivity index (χ4v) is 0. The molecule has 8 heavy (non-hydrogen) atoms. The zero-order valence-electron chi connectivity index (χ0n) is 4.18. The molecule has 0 atom stereocenters. The van der Waals surface area contributed by atoms with Crippen molar-refractivity contribution < 1.29 is 14.6 Å². The van der Waals surface area contributed by atoms with Gasteiger partial charge in [0.25, 0.3) is 5.97 Å². The van der Waals surface area contributed by atoms with Gasteiger partial charge >= 0.3 is 29.6 Å². The fraction of sp³-hybridized carbons (Fsp3) is 0.750. The summed E-state index contributed by atoms with van der Waals surface area (Å²) in [5.74, 6) is -0.833. The van der Waals surface area contributed by atoms with Gasteiger partial charge in [0.1, 0.15) is 0 Å². The van der Waals surface area contributed by atoms with Crippen molar-refractivity contribution in [2.45, 2.75) is 6.92 Å². The van der Waals surface area contributed by atoms with E-state index < -0.39 is 5.97 Å². The zero-order chi connectivity index (χ0) is 5.70. The van der Waals surface area contributed by atoms with Crippen LogP contribution in [0.2, 0.25) is 0 Å². The van der Waals surface area contributed by atoms with Gasteiger partial charge in [-0.15, -0.1) is 0 Å². The predicted molar refractivity (Wildman–Crippen MR) is 31.3 cm³/mol. The van der Waals surface area contributed by atoms with E-state index in [1.165, 1.54) is 0 Å². The topological polar surface area (TPSA) is 49.8 Å². The van der Waals surface area contributed by atoms with E-state index in [0.717, 1.165) is 20.1 Å². The summed E-state index contributed by atoms with van der Waals surface area (Å²) in [7, 11) is 0. The van der Waals surface area contributed by atoms with Crippen LogP contribution in [-0.4, -0.2) is 53.8 Å². The average molecular weight is 128 g/mol. The Balaban J connectivity index is 0. The van der Waals surface area contributed by atoms with Crippen molar-refractivity contribution in [3.63, 3.8) is 0 Å². The third-order valence-electron chi connectivity index (χ3n) is 0.204. The molecule has 0 aliphatic carbocycles. The Morgan fingerprint density at radius 3 is 1.75 bits per heavy atom. The predicted octanol–water partition coefficient (Wildman–Crippen LogP) is -0.541. The second kappa shape index (κ2) is 7.43. The van der Waals surface area contributed by atoms with Crippen molar-refractivity contribution in [2.24, 2.45) is 0 Å². The Hall–Kier alpha value is 0.430. The van der Waals surface area contributed by atoms with Crippen molar-refractivity contribution in [1.29, 1.82) is 0 Å². The summed E-state index contributed by atoms with van der Waals surface area (Å²) >= 11 is 0. The number of hydrogen-bond acceptors (Lipinski definition) is 2. The Morgan fingerprint density at radius 2 is 1.75 bits per heavy atom. The molecule has 0 amide bonds. The summed E-state index contributed by atoms with van der Waals surface area (Å²) in [6.07, 6.45) is 0. The van der Waals surface area contributed by atoms with Gasteiger partial charge in [0.05, 0.1) is 13.2 Å². The molecule has 1 saturated heterocycles. The number of epoxide rings is 1. The second-order valence-electron chi connectivity index (χ2n) is 1.13. The molecule has 0 radical (unpaired) electrons. The van der Waals surface area contributed by atoms with Crippen molar-refractivity contribution in [2.75, 3.05) is 13.2 Å². The summed E-state index contributed by atoms with van der Waals surface area (Å²) < 4.78 is 4.50. The molecule has 0 unspecified atom stereocenters. The van der Waals surface area contributed by atoms with Crippen molar-refractivity contribution in [3.05, 3.63) is 0 Å². The SMILES string of the molecule is C1CO1.CC(=O)O.[NaH]. The van der Waals surface area contributed by atoms with Gasteiger partial charge < -0.3 is 9.84 Å². The molecule has 0 aromatic carbocycles. The van der Waals surface area contributed by atoms with E-state index in [9.17, 15) is 0 Å². The number of carbonyl (C=O) groups is 1. The molecule has 0 aromatic rings. The summed E-state index contributed by atoms with van der Waals surface area (Å²) in [5.41, 5.74) is 0. The third-order valence-corrected chi connectivity index (χ3v) is 0.204. The van der Waals surface area contributed by atoms with Crippen LogP contribution >= 0.6 is 0 Å². The van der Waals surface area contributed by atoms with Gasteiger partial charge in [-0.05, 0) is 0 Å². The normalized spacial score (nSPS) is 12.1. The van der Waals surface area contributed by atoms with E-state index in [1.807, 2.05) is 0 Å². The Labute approximate surface area is 70.3 Å². The standard InChI is InChI=1S/C2H4O2.C2H4O.Na.H/c1-2(3)4;1-2-3-1;;/h1H3,(H,3,4);1-2H2;;. The minimum atomic E-state index is -0.833. The van der Waals surface area contributed by atoms with Crippen LogP contribution in [-0.2, 0) is 9.53 Å². The number of carboxylic acids is 1. The van der Waals surface area contributed by atoms with Gasteiger partial charge in [0.2, 0.25) is 0 Å². The van der Waals surface area contributed by atoms with Crippen LogP contribution in [0.3, 0.4) is 0 Å². The summed E-state index contributed by atoms with van der Waals surface area (Å²) in [4.78, 5) is 9.00. The van der Waals surface area contributed by atoms with Gasteiger partial charge in [0.15, 0.2) is 0 Å². The number of ether oxygens (including phenoxy) is 1. The molecule has 4 heteroatoms. The maximum atomic E-state index is 9.00. The van der Waals surface area contributed by atoms with Crippen LogP contribution in [0.15, 0.2) is 0 Å². The van der Waals surface area contributed by atoms with E-state index in [-0.39, 0.29) is 29.6 Å². The summed E-state index contributed by atoms with van der Waals surface area (Å²) in [6.45, 7) is 3.08. The van der Waals surface area contributed by atoms with Crippen molar-refractivity contribution in [3.8, 4) is 0 Å². The van der Waals surface area contributed by atoms with E-state index in [2.05, 4.69) is 4.74 Å². The maximum absolute atomic E-state index is 9.00. The monoisotopic (exact) mass is 128 g/mol. The van der Waals surface area contributed by atoms with Crippen molar-refractivity contribution in [1.82, 2.24) is 0 Å². The first-order valence-electron chi connectivity index (χ1n) is 2.01. The van der Waals surface area contributed by atoms with Crippen molar-refractivity contribution >= 4 is 35.5 Å². The van der Waals surface area contributed by atoms with Crippen LogP contribution in [0, 0.1) is 0 Å². The van der Waals surface area contributed by atoms with E-state index in [0.29, 0.717) is 0 Å². The number of hydrogen-bond donors (Lipinski definition) is 1. The zero-order valence-corrected chi connectivity index (χ0v) is 4.18. The fourth-order valence-electron chi connectivity index (χ4n) is 0.